The van der Waals surface area contributed by atoms with Crippen LogP contribution in [0.2, 0.25) is 0 Å². The van der Waals surface area contributed by atoms with Crippen molar-refractivity contribution in [2.45, 2.75) is 13.0 Å². The van der Waals surface area contributed by atoms with Crippen molar-refractivity contribution < 1.29 is 14.2 Å². The number of nitrogens with zero attached hydrogens (tertiary/aromatic N) is 1. The lowest BCUT2D eigenvalue weighted by atomic mass is 10.2. The number of ether oxygens (including phenoxy) is 3. The summed E-state index contributed by atoms with van der Waals surface area (Å²) in [6.45, 7) is 5.38. The minimum absolute atomic E-state index is 0. The first-order valence-corrected chi connectivity index (χ1v) is 8.25. The number of fused-ring (bicyclic) bond motifs is 1. The zero-order valence-corrected chi connectivity index (χ0v) is 14.9. The van der Waals surface area contributed by atoms with Gasteiger partial charge in [0.25, 0.3) is 0 Å². The van der Waals surface area contributed by atoms with Gasteiger partial charge in [0.05, 0.1) is 6.61 Å². The fourth-order valence-corrected chi connectivity index (χ4v) is 2.78. The Morgan fingerprint density at radius 3 is 2.64 bits per heavy atom. The van der Waals surface area contributed by atoms with Crippen LogP contribution in [-0.2, 0) is 0 Å². The summed E-state index contributed by atoms with van der Waals surface area (Å²) in [6, 6.07) is 5.70. The number of halogens is 3. The second-order valence-corrected chi connectivity index (χ2v) is 5.50. The van der Waals surface area contributed by atoms with Gasteiger partial charge in [-0.05, 0) is 19.1 Å². The first-order valence-electron chi connectivity index (χ1n) is 7.18. The van der Waals surface area contributed by atoms with E-state index in [1.165, 1.54) is 0 Å². The van der Waals surface area contributed by atoms with E-state index in [-0.39, 0.29) is 18.5 Å². The van der Waals surface area contributed by atoms with E-state index in [9.17, 15) is 0 Å². The molecule has 0 amide bonds. The van der Waals surface area contributed by atoms with Crippen LogP contribution < -0.4 is 14.2 Å². The van der Waals surface area contributed by atoms with E-state index in [1.54, 1.807) is 0 Å². The predicted octanol–water partition coefficient (Wildman–Crippen LogP) is 3.43. The molecule has 1 heterocycles. The molecule has 22 heavy (non-hydrogen) atoms. The SMILES string of the molecule is CCOc1cccc2c1OCC(CN(CCCl)CCCl)O2.Cl. The molecule has 1 unspecified atom stereocenters. The zero-order valence-electron chi connectivity index (χ0n) is 12.6. The molecular formula is C15H22Cl3NO3. The molecule has 0 spiro atoms. The minimum Gasteiger partial charge on any atom is -0.490 e. The lowest BCUT2D eigenvalue weighted by Gasteiger charge is -2.31. The average Bonchev–Trinajstić information content (AvgIpc) is 2.48. The topological polar surface area (TPSA) is 30.9 Å². The zero-order chi connectivity index (χ0) is 15.1. The molecule has 0 fully saturated rings. The van der Waals surface area contributed by atoms with Crippen molar-refractivity contribution in [1.29, 1.82) is 0 Å². The van der Waals surface area contributed by atoms with Crippen LogP contribution >= 0.6 is 35.6 Å². The van der Waals surface area contributed by atoms with Gasteiger partial charge < -0.3 is 14.2 Å². The second-order valence-electron chi connectivity index (χ2n) is 4.75. The van der Waals surface area contributed by atoms with Gasteiger partial charge >= 0.3 is 0 Å². The summed E-state index contributed by atoms with van der Waals surface area (Å²) in [5.41, 5.74) is 0. The summed E-state index contributed by atoms with van der Waals surface area (Å²) in [5.74, 6) is 3.31. The Bertz CT molecular complexity index is 442. The molecular weight excluding hydrogens is 349 g/mol. The summed E-state index contributed by atoms with van der Waals surface area (Å²) >= 11 is 11.6. The van der Waals surface area contributed by atoms with Crippen molar-refractivity contribution in [2.75, 3.05) is 44.6 Å². The second kappa shape index (κ2) is 10.3. The Morgan fingerprint density at radius 2 is 2.00 bits per heavy atom. The summed E-state index contributed by atoms with van der Waals surface area (Å²) in [5, 5.41) is 0. The number of rotatable bonds is 8. The molecule has 0 aliphatic carbocycles. The van der Waals surface area contributed by atoms with E-state index in [1.807, 2.05) is 25.1 Å². The Labute approximate surface area is 148 Å². The predicted molar refractivity (Wildman–Crippen MR) is 92.7 cm³/mol. The monoisotopic (exact) mass is 369 g/mol. The van der Waals surface area contributed by atoms with E-state index < -0.39 is 0 Å². The Hall–Kier alpha value is -0.550. The fourth-order valence-electron chi connectivity index (χ4n) is 2.30. The van der Waals surface area contributed by atoms with Gasteiger partial charge in [0.15, 0.2) is 11.5 Å². The van der Waals surface area contributed by atoms with Crippen molar-refractivity contribution >= 4 is 35.6 Å². The maximum atomic E-state index is 6.01. The highest BCUT2D eigenvalue weighted by molar-refractivity contribution is 6.18. The number of alkyl halides is 2. The molecule has 0 N–H and O–H groups in total. The molecule has 0 radical (unpaired) electrons. The van der Waals surface area contributed by atoms with E-state index >= 15 is 0 Å². The average molecular weight is 371 g/mol. The van der Waals surface area contributed by atoms with E-state index in [2.05, 4.69) is 4.90 Å². The standard InChI is InChI=1S/C15H21Cl2NO3.ClH/c1-2-19-13-4-3-5-14-15(13)20-11-12(21-14)10-18(8-6-16)9-7-17;/h3-5,12H,2,6-11H2,1H3;1H. The van der Waals surface area contributed by atoms with Crippen LogP contribution in [0, 0.1) is 0 Å². The first kappa shape index (κ1) is 19.5. The van der Waals surface area contributed by atoms with Gasteiger partial charge in [0.1, 0.15) is 12.7 Å². The highest BCUT2D eigenvalue weighted by atomic mass is 35.5. The quantitative estimate of drug-likeness (QED) is 0.656. The number of para-hydroxylation sites is 1. The third-order valence-corrected chi connectivity index (χ3v) is 3.55. The molecule has 1 aliphatic rings. The molecule has 7 heteroatoms. The Morgan fingerprint density at radius 1 is 1.27 bits per heavy atom. The maximum absolute atomic E-state index is 6.01. The van der Waals surface area contributed by atoms with Crippen molar-refractivity contribution in [3.63, 3.8) is 0 Å². The third kappa shape index (κ3) is 5.27. The number of hydrogen-bond donors (Lipinski definition) is 0. The summed E-state index contributed by atoms with van der Waals surface area (Å²) in [7, 11) is 0. The van der Waals surface area contributed by atoms with Crippen LogP contribution in [0.4, 0.5) is 0 Å². The highest BCUT2D eigenvalue weighted by Crippen LogP contribution is 2.40. The van der Waals surface area contributed by atoms with Gasteiger partial charge in [-0.15, -0.1) is 35.6 Å². The summed E-state index contributed by atoms with van der Waals surface area (Å²) < 4.78 is 17.4. The van der Waals surface area contributed by atoms with Crippen LogP contribution in [0.15, 0.2) is 18.2 Å². The van der Waals surface area contributed by atoms with Crippen LogP contribution in [0.1, 0.15) is 6.92 Å². The lowest BCUT2D eigenvalue weighted by molar-refractivity contribution is 0.0592. The van der Waals surface area contributed by atoms with E-state index in [0.29, 0.717) is 30.7 Å². The van der Waals surface area contributed by atoms with E-state index in [4.69, 9.17) is 37.4 Å². The molecule has 0 saturated heterocycles. The molecule has 1 aromatic rings. The van der Waals surface area contributed by atoms with Gasteiger partial charge in [-0.1, -0.05) is 6.07 Å². The van der Waals surface area contributed by atoms with Crippen LogP contribution in [-0.4, -0.2) is 55.6 Å². The van der Waals surface area contributed by atoms with Gasteiger partial charge in [0.2, 0.25) is 5.75 Å². The fraction of sp³-hybridized carbons (Fsp3) is 0.600. The molecule has 0 saturated carbocycles. The van der Waals surface area contributed by atoms with Gasteiger partial charge in [-0.25, -0.2) is 0 Å². The van der Waals surface area contributed by atoms with E-state index in [0.717, 1.165) is 31.1 Å². The lowest BCUT2D eigenvalue weighted by Crippen LogP contribution is -2.42. The van der Waals surface area contributed by atoms with Gasteiger partial charge in [-0.2, -0.15) is 0 Å². The smallest absolute Gasteiger partial charge is 0.203 e. The number of hydrogen-bond acceptors (Lipinski definition) is 4. The highest BCUT2D eigenvalue weighted by Gasteiger charge is 2.25. The molecule has 1 aliphatic heterocycles. The van der Waals surface area contributed by atoms with Gasteiger partial charge in [-0.3, -0.25) is 4.90 Å². The minimum atomic E-state index is -0.0270. The maximum Gasteiger partial charge on any atom is 0.203 e. The largest absolute Gasteiger partial charge is 0.490 e. The normalized spacial score (nSPS) is 16.3. The molecule has 1 atom stereocenters. The molecule has 126 valence electrons. The van der Waals surface area contributed by atoms with Crippen LogP contribution in [0.3, 0.4) is 0 Å². The van der Waals surface area contributed by atoms with Crippen LogP contribution in [0.25, 0.3) is 0 Å². The van der Waals surface area contributed by atoms with Crippen molar-refractivity contribution in [3.05, 3.63) is 18.2 Å². The van der Waals surface area contributed by atoms with Crippen molar-refractivity contribution in [3.8, 4) is 17.2 Å². The molecule has 0 aromatic heterocycles. The molecule has 1 aromatic carbocycles. The Kier molecular flexibility index (Phi) is 9.10. The number of benzene rings is 1. The molecule has 2 rings (SSSR count). The van der Waals surface area contributed by atoms with Gasteiger partial charge in [0, 0.05) is 31.4 Å². The first-order chi connectivity index (χ1) is 10.3. The molecule has 0 bridgehead atoms. The van der Waals surface area contributed by atoms with Crippen molar-refractivity contribution in [2.24, 2.45) is 0 Å². The summed E-state index contributed by atoms with van der Waals surface area (Å²) in [4.78, 5) is 2.19. The summed E-state index contributed by atoms with van der Waals surface area (Å²) in [6.07, 6.45) is -0.0270. The Balaban J connectivity index is 0.00000242. The molecule has 4 nitrogen and oxygen atoms in total. The third-order valence-electron chi connectivity index (χ3n) is 3.21. The van der Waals surface area contributed by atoms with Crippen LogP contribution in [0.5, 0.6) is 17.2 Å². The van der Waals surface area contributed by atoms with Crippen molar-refractivity contribution in [1.82, 2.24) is 4.90 Å².